The first-order valence-corrected chi connectivity index (χ1v) is 7.56. The molecule has 0 heterocycles. The normalized spacial score (nSPS) is 10.0. The third-order valence-corrected chi connectivity index (χ3v) is 3.72. The van der Waals surface area contributed by atoms with Gasteiger partial charge in [-0.1, -0.05) is 35.3 Å². The molecular weight excluding hydrogens is 335 g/mol. The number of hydrogen-bond donors (Lipinski definition) is 0. The van der Waals surface area contributed by atoms with Gasteiger partial charge in [-0.15, -0.1) is 0 Å². The fraction of sp³-hybridized carbons (Fsp3) is 0.176. The van der Waals surface area contributed by atoms with E-state index in [2.05, 4.69) is 6.07 Å². The van der Waals surface area contributed by atoms with E-state index in [0.29, 0.717) is 27.9 Å². The largest absolute Gasteiger partial charge is 0.482 e. The summed E-state index contributed by atoms with van der Waals surface area (Å²) in [4.78, 5) is 13.7. The SMILES string of the molecule is CN(Cc1ccc(C#N)cc1)C(=O)COc1cc(Cl)ccc1Cl. The van der Waals surface area contributed by atoms with Gasteiger partial charge in [0.15, 0.2) is 6.61 Å². The number of nitrogens with zero attached hydrogens (tertiary/aromatic N) is 2. The van der Waals surface area contributed by atoms with Gasteiger partial charge in [-0.05, 0) is 29.8 Å². The number of rotatable bonds is 5. The third kappa shape index (κ3) is 4.88. The first-order valence-electron chi connectivity index (χ1n) is 6.80. The molecule has 6 heteroatoms. The van der Waals surface area contributed by atoms with Crippen molar-refractivity contribution in [3.63, 3.8) is 0 Å². The second-order valence-corrected chi connectivity index (χ2v) is 5.77. The molecule has 0 N–H and O–H groups in total. The van der Waals surface area contributed by atoms with Crippen LogP contribution in [0.25, 0.3) is 0 Å². The Balaban J connectivity index is 1.92. The van der Waals surface area contributed by atoms with E-state index in [4.69, 9.17) is 33.2 Å². The van der Waals surface area contributed by atoms with Crippen molar-refractivity contribution in [1.82, 2.24) is 4.90 Å². The lowest BCUT2D eigenvalue weighted by Gasteiger charge is -2.18. The molecule has 2 aromatic carbocycles. The van der Waals surface area contributed by atoms with Gasteiger partial charge >= 0.3 is 0 Å². The zero-order valence-electron chi connectivity index (χ0n) is 12.4. The van der Waals surface area contributed by atoms with Crippen LogP contribution in [0.2, 0.25) is 10.0 Å². The molecule has 0 aromatic heterocycles. The Labute approximate surface area is 144 Å². The highest BCUT2D eigenvalue weighted by Crippen LogP contribution is 2.27. The molecule has 2 rings (SSSR count). The van der Waals surface area contributed by atoms with Gasteiger partial charge in [-0.25, -0.2) is 0 Å². The number of benzene rings is 2. The summed E-state index contributed by atoms with van der Waals surface area (Å²) in [5, 5.41) is 9.66. The van der Waals surface area contributed by atoms with Crippen LogP contribution in [0.4, 0.5) is 0 Å². The molecule has 0 aliphatic rings. The number of nitriles is 1. The van der Waals surface area contributed by atoms with E-state index in [9.17, 15) is 4.79 Å². The summed E-state index contributed by atoms with van der Waals surface area (Å²) in [7, 11) is 1.68. The zero-order chi connectivity index (χ0) is 16.8. The van der Waals surface area contributed by atoms with E-state index in [1.165, 1.54) is 0 Å². The van der Waals surface area contributed by atoms with E-state index in [1.807, 2.05) is 12.1 Å². The van der Waals surface area contributed by atoms with Crippen molar-refractivity contribution in [2.24, 2.45) is 0 Å². The molecule has 118 valence electrons. The Morgan fingerprint density at radius 2 is 1.91 bits per heavy atom. The van der Waals surface area contributed by atoms with Gasteiger partial charge in [0, 0.05) is 24.7 Å². The predicted octanol–water partition coefficient (Wildman–Crippen LogP) is 3.90. The van der Waals surface area contributed by atoms with Gasteiger partial charge in [0.2, 0.25) is 0 Å². The first kappa shape index (κ1) is 17.1. The Hall–Kier alpha value is -2.22. The summed E-state index contributed by atoms with van der Waals surface area (Å²) in [5.41, 5.74) is 1.52. The monoisotopic (exact) mass is 348 g/mol. The molecule has 0 bridgehead atoms. The lowest BCUT2D eigenvalue weighted by atomic mass is 10.1. The van der Waals surface area contributed by atoms with Crippen LogP contribution in [0.3, 0.4) is 0 Å². The van der Waals surface area contributed by atoms with Crippen LogP contribution in [-0.4, -0.2) is 24.5 Å². The van der Waals surface area contributed by atoms with E-state index >= 15 is 0 Å². The molecule has 0 unspecified atom stereocenters. The molecule has 0 saturated heterocycles. The number of hydrogen-bond acceptors (Lipinski definition) is 3. The zero-order valence-corrected chi connectivity index (χ0v) is 13.9. The van der Waals surface area contributed by atoms with Crippen LogP contribution in [0.1, 0.15) is 11.1 Å². The average molecular weight is 349 g/mol. The van der Waals surface area contributed by atoms with Crippen LogP contribution in [0, 0.1) is 11.3 Å². The molecule has 0 aliphatic heterocycles. The Bertz CT molecular complexity index is 739. The highest BCUT2D eigenvalue weighted by Gasteiger charge is 2.12. The van der Waals surface area contributed by atoms with Crippen molar-refractivity contribution >= 4 is 29.1 Å². The van der Waals surface area contributed by atoms with Crippen LogP contribution in [0.15, 0.2) is 42.5 Å². The summed E-state index contributed by atoms with van der Waals surface area (Å²) in [5.74, 6) is 0.185. The second-order valence-electron chi connectivity index (χ2n) is 4.92. The Morgan fingerprint density at radius 3 is 2.57 bits per heavy atom. The highest BCUT2D eigenvalue weighted by atomic mass is 35.5. The minimum absolute atomic E-state index is 0.132. The average Bonchev–Trinajstić information content (AvgIpc) is 2.56. The number of amides is 1. The van der Waals surface area contributed by atoms with Crippen molar-refractivity contribution < 1.29 is 9.53 Å². The Kier molecular flexibility index (Phi) is 5.86. The van der Waals surface area contributed by atoms with Gasteiger partial charge in [0.1, 0.15) is 5.75 Å². The quantitative estimate of drug-likeness (QED) is 0.823. The summed E-state index contributed by atoms with van der Waals surface area (Å²) in [6, 6.07) is 14.0. The summed E-state index contributed by atoms with van der Waals surface area (Å²) < 4.78 is 5.42. The molecule has 0 fully saturated rings. The second kappa shape index (κ2) is 7.87. The molecule has 23 heavy (non-hydrogen) atoms. The maximum absolute atomic E-state index is 12.1. The number of halogens is 2. The van der Waals surface area contributed by atoms with Crippen molar-refractivity contribution in [2.75, 3.05) is 13.7 Å². The molecule has 1 amide bonds. The molecular formula is C17H14Cl2N2O2. The smallest absolute Gasteiger partial charge is 0.260 e. The fourth-order valence-corrected chi connectivity index (χ4v) is 2.22. The Morgan fingerprint density at radius 1 is 1.22 bits per heavy atom. The van der Waals surface area contributed by atoms with E-state index < -0.39 is 0 Å². The van der Waals surface area contributed by atoms with Gasteiger partial charge in [-0.2, -0.15) is 5.26 Å². The van der Waals surface area contributed by atoms with Crippen molar-refractivity contribution in [1.29, 1.82) is 5.26 Å². The lowest BCUT2D eigenvalue weighted by Crippen LogP contribution is -2.31. The minimum Gasteiger partial charge on any atom is -0.482 e. The van der Waals surface area contributed by atoms with Gasteiger partial charge in [0.05, 0.1) is 16.7 Å². The van der Waals surface area contributed by atoms with Crippen molar-refractivity contribution in [3.05, 3.63) is 63.6 Å². The number of carbonyl (C=O) groups excluding carboxylic acids is 1. The topological polar surface area (TPSA) is 53.3 Å². The van der Waals surface area contributed by atoms with Crippen LogP contribution in [0.5, 0.6) is 5.75 Å². The number of likely N-dealkylation sites (N-methyl/N-ethyl adjacent to an activating group) is 1. The molecule has 0 spiro atoms. The molecule has 2 aromatic rings. The molecule has 0 radical (unpaired) electrons. The van der Waals surface area contributed by atoms with E-state index in [-0.39, 0.29) is 12.5 Å². The highest BCUT2D eigenvalue weighted by molar-refractivity contribution is 6.34. The lowest BCUT2D eigenvalue weighted by molar-refractivity contribution is -0.132. The van der Waals surface area contributed by atoms with Gasteiger partial charge < -0.3 is 9.64 Å². The van der Waals surface area contributed by atoms with Crippen molar-refractivity contribution in [3.8, 4) is 11.8 Å². The first-order chi connectivity index (χ1) is 11.0. The molecule has 4 nitrogen and oxygen atoms in total. The van der Waals surface area contributed by atoms with Crippen LogP contribution >= 0.6 is 23.2 Å². The fourth-order valence-electron chi connectivity index (χ4n) is 1.88. The van der Waals surface area contributed by atoms with E-state index in [0.717, 1.165) is 5.56 Å². The minimum atomic E-state index is -0.189. The summed E-state index contributed by atoms with van der Waals surface area (Å²) in [6.07, 6.45) is 0. The molecule has 0 atom stereocenters. The van der Waals surface area contributed by atoms with Crippen LogP contribution < -0.4 is 4.74 Å². The van der Waals surface area contributed by atoms with Crippen LogP contribution in [-0.2, 0) is 11.3 Å². The van der Waals surface area contributed by atoms with Gasteiger partial charge in [0.25, 0.3) is 5.91 Å². The maximum atomic E-state index is 12.1. The van der Waals surface area contributed by atoms with Gasteiger partial charge in [-0.3, -0.25) is 4.79 Å². The standard InChI is InChI=1S/C17H14Cl2N2O2/c1-21(10-13-4-2-12(9-20)3-5-13)17(22)11-23-16-8-14(18)6-7-15(16)19/h2-8H,10-11H2,1H3. The van der Waals surface area contributed by atoms with Crippen molar-refractivity contribution in [2.45, 2.75) is 6.54 Å². The number of ether oxygens (including phenoxy) is 1. The van der Waals surface area contributed by atoms with E-state index in [1.54, 1.807) is 42.3 Å². The summed E-state index contributed by atoms with van der Waals surface area (Å²) >= 11 is 11.9. The summed E-state index contributed by atoms with van der Waals surface area (Å²) in [6.45, 7) is 0.296. The number of carbonyl (C=O) groups is 1. The third-order valence-electron chi connectivity index (χ3n) is 3.17. The maximum Gasteiger partial charge on any atom is 0.260 e. The molecule has 0 saturated carbocycles. The predicted molar refractivity (Wildman–Crippen MR) is 89.6 cm³/mol. The molecule has 0 aliphatic carbocycles.